The number of aromatic nitrogens is 4. The zero-order valence-electron chi connectivity index (χ0n) is 6.71. The van der Waals surface area contributed by atoms with E-state index in [1.807, 2.05) is 0 Å². The molecule has 0 amide bonds. The van der Waals surface area contributed by atoms with Crippen molar-refractivity contribution in [3.63, 3.8) is 0 Å². The Bertz CT molecular complexity index is 528. The Kier molecular flexibility index (Phi) is 1.53. The first-order chi connectivity index (χ1) is 6.09. The molecule has 3 N–H and O–H groups in total. The van der Waals surface area contributed by atoms with Crippen LogP contribution in [-0.4, -0.2) is 19.5 Å². The van der Waals surface area contributed by atoms with Crippen LogP contribution in [0.3, 0.4) is 0 Å². The number of nitrogens with one attached hydrogen (secondary N) is 1. The number of aromatic amines is 1. The molecule has 2 heterocycles. The third-order valence-electron chi connectivity index (χ3n) is 1.74. The molecular formula is C6H6ClN5O. The summed E-state index contributed by atoms with van der Waals surface area (Å²) in [6.07, 6.45) is 0. The maximum atomic E-state index is 11.1. The Labute approximate surface area is 77.4 Å². The van der Waals surface area contributed by atoms with Gasteiger partial charge in [0.15, 0.2) is 11.5 Å². The van der Waals surface area contributed by atoms with Crippen molar-refractivity contribution in [2.24, 2.45) is 7.05 Å². The summed E-state index contributed by atoms with van der Waals surface area (Å²) in [6, 6.07) is 0. The molecule has 0 bridgehead atoms. The predicted molar refractivity (Wildman–Crippen MR) is 48.6 cm³/mol. The highest BCUT2D eigenvalue weighted by Gasteiger charge is 2.09. The largest absolute Gasteiger partial charge is 0.382 e. The molecule has 0 spiro atoms. The van der Waals surface area contributed by atoms with Gasteiger partial charge in [0.05, 0.1) is 0 Å². The van der Waals surface area contributed by atoms with E-state index in [-0.39, 0.29) is 16.8 Å². The van der Waals surface area contributed by atoms with Crippen molar-refractivity contribution in [3.05, 3.63) is 15.8 Å². The van der Waals surface area contributed by atoms with Crippen LogP contribution in [0.5, 0.6) is 0 Å². The van der Waals surface area contributed by atoms with Crippen molar-refractivity contribution in [3.8, 4) is 0 Å². The number of nitrogens with two attached hydrogens (primary N) is 1. The van der Waals surface area contributed by atoms with Crippen molar-refractivity contribution >= 4 is 28.6 Å². The zero-order valence-corrected chi connectivity index (χ0v) is 7.46. The van der Waals surface area contributed by atoms with Crippen LogP contribution < -0.4 is 11.4 Å². The van der Waals surface area contributed by atoms with E-state index in [1.54, 1.807) is 7.05 Å². The molecule has 0 radical (unpaired) electrons. The van der Waals surface area contributed by atoms with Crippen LogP contribution in [0.4, 0.5) is 5.82 Å². The highest BCUT2D eigenvalue weighted by molar-refractivity contribution is 6.28. The maximum absolute atomic E-state index is 11.1. The van der Waals surface area contributed by atoms with E-state index in [1.165, 1.54) is 4.57 Å². The van der Waals surface area contributed by atoms with Gasteiger partial charge in [-0.05, 0) is 11.6 Å². The molecule has 0 unspecified atom stereocenters. The molecule has 0 aromatic carbocycles. The molecule has 0 atom stereocenters. The van der Waals surface area contributed by atoms with Crippen molar-refractivity contribution in [2.75, 3.05) is 5.73 Å². The quantitative estimate of drug-likeness (QED) is 0.580. The number of halogens is 1. The fraction of sp³-hybridized carbons (Fsp3) is 0.167. The molecular weight excluding hydrogens is 194 g/mol. The van der Waals surface area contributed by atoms with Gasteiger partial charge in [-0.1, -0.05) is 0 Å². The molecule has 0 aliphatic heterocycles. The Balaban J connectivity index is 3.03. The van der Waals surface area contributed by atoms with E-state index in [0.717, 1.165) is 0 Å². The van der Waals surface area contributed by atoms with Gasteiger partial charge in [0.25, 0.3) is 0 Å². The highest BCUT2D eigenvalue weighted by Crippen LogP contribution is 2.14. The standard InChI is InChI=1S/C6H6ClN5O/c1-12-4-2(9-6(12)13)3(8)10-5(7)11-4/h1H3,(H,9,13)(H2,8,10,11). The molecule has 2 aromatic rings. The summed E-state index contributed by atoms with van der Waals surface area (Å²) in [5.74, 6) is 0.174. The number of H-pyrrole nitrogens is 1. The van der Waals surface area contributed by atoms with Gasteiger partial charge in [-0.15, -0.1) is 0 Å². The summed E-state index contributed by atoms with van der Waals surface area (Å²) >= 11 is 5.57. The zero-order chi connectivity index (χ0) is 9.59. The minimum atomic E-state index is -0.293. The van der Waals surface area contributed by atoms with Gasteiger partial charge in [-0.3, -0.25) is 4.57 Å². The number of anilines is 1. The molecule has 6 nitrogen and oxygen atoms in total. The lowest BCUT2D eigenvalue weighted by atomic mass is 10.5. The van der Waals surface area contributed by atoms with Crippen LogP contribution in [0, 0.1) is 0 Å². The number of nitrogen functional groups attached to an aromatic ring is 1. The summed E-state index contributed by atoms with van der Waals surface area (Å²) in [5, 5.41) is 0.0274. The molecule has 0 aliphatic rings. The molecule has 68 valence electrons. The van der Waals surface area contributed by atoms with Gasteiger partial charge in [0.1, 0.15) is 5.52 Å². The normalized spacial score (nSPS) is 10.9. The van der Waals surface area contributed by atoms with Gasteiger partial charge in [-0.2, -0.15) is 9.97 Å². The van der Waals surface area contributed by atoms with Crippen LogP contribution in [0.1, 0.15) is 0 Å². The van der Waals surface area contributed by atoms with Gasteiger partial charge in [-0.25, -0.2) is 4.79 Å². The minimum Gasteiger partial charge on any atom is -0.382 e. The third-order valence-corrected chi connectivity index (χ3v) is 1.91. The lowest BCUT2D eigenvalue weighted by molar-refractivity contribution is 0.877. The molecule has 2 rings (SSSR count). The summed E-state index contributed by atoms with van der Waals surface area (Å²) in [6.45, 7) is 0. The Morgan fingerprint density at radius 2 is 2.23 bits per heavy atom. The minimum absolute atomic E-state index is 0.0274. The summed E-state index contributed by atoms with van der Waals surface area (Å²) < 4.78 is 1.32. The lowest BCUT2D eigenvalue weighted by Crippen LogP contribution is -2.12. The summed E-state index contributed by atoms with van der Waals surface area (Å²) in [7, 11) is 1.57. The van der Waals surface area contributed by atoms with E-state index in [4.69, 9.17) is 17.3 Å². The maximum Gasteiger partial charge on any atom is 0.327 e. The second-order valence-corrected chi connectivity index (χ2v) is 2.90. The fourth-order valence-corrected chi connectivity index (χ4v) is 1.26. The van der Waals surface area contributed by atoms with Crippen molar-refractivity contribution in [2.45, 2.75) is 0 Å². The van der Waals surface area contributed by atoms with Crippen molar-refractivity contribution in [1.29, 1.82) is 0 Å². The first-order valence-electron chi connectivity index (χ1n) is 3.47. The topological polar surface area (TPSA) is 89.6 Å². The number of hydrogen-bond acceptors (Lipinski definition) is 4. The molecule has 0 saturated carbocycles. The second kappa shape index (κ2) is 2.46. The van der Waals surface area contributed by atoms with Crippen LogP contribution >= 0.6 is 11.6 Å². The van der Waals surface area contributed by atoms with Crippen LogP contribution in [0.15, 0.2) is 4.79 Å². The third kappa shape index (κ3) is 1.06. The lowest BCUT2D eigenvalue weighted by Gasteiger charge is -1.95. The average molecular weight is 200 g/mol. The number of hydrogen-bond donors (Lipinski definition) is 2. The molecule has 0 aliphatic carbocycles. The van der Waals surface area contributed by atoms with E-state index >= 15 is 0 Å². The fourth-order valence-electron chi connectivity index (χ4n) is 1.09. The summed E-state index contributed by atoms with van der Waals surface area (Å²) in [5.41, 5.74) is 6.05. The van der Waals surface area contributed by atoms with Gasteiger partial charge in [0, 0.05) is 7.05 Å². The van der Waals surface area contributed by atoms with Crippen LogP contribution in [0.25, 0.3) is 11.2 Å². The Morgan fingerprint density at radius 1 is 1.54 bits per heavy atom. The number of imidazole rings is 1. The molecule has 2 aromatic heterocycles. The van der Waals surface area contributed by atoms with Gasteiger partial charge in [0.2, 0.25) is 5.28 Å². The smallest absolute Gasteiger partial charge is 0.327 e. The summed E-state index contributed by atoms with van der Waals surface area (Å²) in [4.78, 5) is 21.2. The van der Waals surface area contributed by atoms with E-state index in [2.05, 4.69) is 15.0 Å². The van der Waals surface area contributed by atoms with E-state index in [9.17, 15) is 4.79 Å². The number of rotatable bonds is 0. The Hall–Kier alpha value is -1.56. The SMILES string of the molecule is Cn1c(=O)[nH]c2c(N)nc(Cl)nc21. The van der Waals surface area contributed by atoms with E-state index < -0.39 is 0 Å². The average Bonchev–Trinajstić information content (AvgIpc) is 2.32. The van der Waals surface area contributed by atoms with Crippen LogP contribution in [0.2, 0.25) is 5.28 Å². The second-order valence-electron chi connectivity index (χ2n) is 2.57. The van der Waals surface area contributed by atoms with Gasteiger partial charge < -0.3 is 10.7 Å². The molecule has 0 saturated heterocycles. The first kappa shape index (κ1) is 8.06. The van der Waals surface area contributed by atoms with Crippen molar-refractivity contribution < 1.29 is 0 Å². The first-order valence-corrected chi connectivity index (χ1v) is 3.85. The van der Waals surface area contributed by atoms with Crippen LogP contribution in [-0.2, 0) is 7.05 Å². The molecule has 0 fully saturated rings. The molecule has 13 heavy (non-hydrogen) atoms. The highest BCUT2D eigenvalue weighted by atomic mass is 35.5. The predicted octanol–water partition coefficient (Wildman–Crippen LogP) is -0.108. The Morgan fingerprint density at radius 3 is 2.92 bits per heavy atom. The number of aryl methyl sites for hydroxylation is 1. The van der Waals surface area contributed by atoms with E-state index in [0.29, 0.717) is 11.2 Å². The number of nitrogens with zero attached hydrogens (tertiary/aromatic N) is 3. The molecule has 7 heteroatoms. The monoisotopic (exact) mass is 199 g/mol. The number of fused-ring (bicyclic) bond motifs is 1. The van der Waals surface area contributed by atoms with Gasteiger partial charge >= 0.3 is 5.69 Å². The van der Waals surface area contributed by atoms with Crippen molar-refractivity contribution in [1.82, 2.24) is 19.5 Å².